The lowest BCUT2D eigenvalue weighted by molar-refractivity contribution is -0.0135. The van der Waals surface area contributed by atoms with E-state index >= 15 is 0 Å². The predicted molar refractivity (Wildman–Crippen MR) is 93.8 cm³/mol. The lowest BCUT2D eigenvalue weighted by Crippen LogP contribution is -2.37. The second-order valence-corrected chi connectivity index (χ2v) is 7.80. The molecular formula is C19H36N2O2. The normalized spacial score (nSPS) is 34.6. The van der Waals surface area contributed by atoms with Crippen LogP contribution in [0.15, 0.2) is 0 Å². The van der Waals surface area contributed by atoms with E-state index in [9.17, 15) is 0 Å². The molecule has 3 atom stereocenters. The van der Waals surface area contributed by atoms with Crippen LogP contribution in [-0.4, -0.2) is 74.5 Å². The highest BCUT2D eigenvalue weighted by atomic mass is 16.5. The summed E-state index contributed by atoms with van der Waals surface area (Å²) in [5.74, 6) is 0.759. The average molecular weight is 325 g/mol. The number of hydrogen-bond donors (Lipinski definition) is 0. The largest absolute Gasteiger partial charge is 0.377 e. The molecule has 0 spiro atoms. The minimum absolute atomic E-state index is 0.498. The minimum Gasteiger partial charge on any atom is -0.377 e. The summed E-state index contributed by atoms with van der Waals surface area (Å²) in [4.78, 5) is 5.21. The van der Waals surface area contributed by atoms with Gasteiger partial charge >= 0.3 is 0 Å². The van der Waals surface area contributed by atoms with Gasteiger partial charge in [0.2, 0.25) is 0 Å². The van der Waals surface area contributed by atoms with Crippen molar-refractivity contribution in [2.75, 3.05) is 52.5 Å². The summed E-state index contributed by atoms with van der Waals surface area (Å²) >= 11 is 0. The monoisotopic (exact) mass is 324 g/mol. The predicted octanol–water partition coefficient (Wildman–Crippen LogP) is 2.77. The number of ether oxygens (including phenoxy) is 2. The molecule has 0 aromatic carbocycles. The van der Waals surface area contributed by atoms with Gasteiger partial charge in [-0.2, -0.15) is 0 Å². The molecule has 0 N–H and O–H groups in total. The molecule has 0 bridgehead atoms. The molecule has 2 saturated heterocycles. The minimum atomic E-state index is 0.498. The Morgan fingerprint density at radius 2 is 1.74 bits per heavy atom. The van der Waals surface area contributed by atoms with E-state index in [1.54, 1.807) is 0 Å². The average Bonchev–Trinajstić information content (AvgIpc) is 2.96. The van der Waals surface area contributed by atoms with Gasteiger partial charge in [0, 0.05) is 32.8 Å². The Bertz CT molecular complexity index is 333. The van der Waals surface area contributed by atoms with E-state index in [4.69, 9.17) is 9.47 Å². The highest BCUT2D eigenvalue weighted by Crippen LogP contribution is 2.26. The Labute approximate surface area is 142 Å². The lowest BCUT2D eigenvalue weighted by atomic mass is 9.88. The van der Waals surface area contributed by atoms with Gasteiger partial charge in [0.05, 0.1) is 18.8 Å². The Kier molecular flexibility index (Phi) is 7.18. The summed E-state index contributed by atoms with van der Waals surface area (Å²) < 4.78 is 12.0. The topological polar surface area (TPSA) is 24.9 Å². The summed E-state index contributed by atoms with van der Waals surface area (Å²) in [6, 6.07) is 0. The molecule has 1 aliphatic carbocycles. The molecule has 0 amide bonds. The Morgan fingerprint density at radius 3 is 2.57 bits per heavy atom. The molecular weight excluding hydrogens is 288 g/mol. The van der Waals surface area contributed by atoms with Crippen molar-refractivity contribution < 1.29 is 9.47 Å². The Hall–Kier alpha value is -0.160. The highest BCUT2D eigenvalue weighted by Gasteiger charge is 2.23. The van der Waals surface area contributed by atoms with Crippen molar-refractivity contribution in [3.63, 3.8) is 0 Å². The first-order valence-corrected chi connectivity index (χ1v) is 9.99. The quantitative estimate of drug-likeness (QED) is 0.750. The van der Waals surface area contributed by atoms with Crippen LogP contribution >= 0.6 is 0 Å². The fourth-order valence-electron chi connectivity index (χ4n) is 4.37. The summed E-state index contributed by atoms with van der Waals surface area (Å²) in [5, 5.41) is 0. The summed E-state index contributed by atoms with van der Waals surface area (Å²) in [7, 11) is 0. The molecule has 3 rings (SSSR count). The fraction of sp³-hybridized carbons (Fsp3) is 1.00. The van der Waals surface area contributed by atoms with Crippen molar-refractivity contribution in [2.24, 2.45) is 5.92 Å². The first kappa shape index (κ1) is 17.7. The molecule has 0 radical (unpaired) electrons. The van der Waals surface area contributed by atoms with Gasteiger partial charge in [-0.15, -0.1) is 0 Å². The standard InChI is InChI=1S/C19H36N2O2/c1-17-6-2-3-8-19(17)23-15-13-20-9-5-10-21(12-11-20)16-18-7-4-14-22-18/h17-19H,2-16H2,1H3/t17-,18-,19-/m1/s1. The zero-order valence-electron chi connectivity index (χ0n) is 15.0. The van der Waals surface area contributed by atoms with E-state index in [1.165, 1.54) is 71.1 Å². The van der Waals surface area contributed by atoms with E-state index in [1.807, 2.05) is 0 Å². The second-order valence-electron chi connectivity index (χ2n) is 7.80. The van der Waals surface area contributed by atoms with E-state index in [0.717, 1.165) is 32.2 Å². The van der Waals surface area contributed by atoms with Crippen molar-refractivity contribution in [1.29, 1.82) is 0 Å². The zero-order chi connectivity index (χ0) is 15.9. The molecule has 2 aliphatic heterocycles. The summed E-state index contributed by atoms with van der Waals surface area (Å²) in [6.07, 6.45) is 10.2. The van der Waals surface area contributed by atoms with Crippen LogP contribution in [0.4, 0.5) is 0 Å². The van der Waals surface area contributed by atoms with Gasteiger partial charge in [0.15, 0.2) is 0 Å². The first-order chi connectivity index (χ1) is 11.3. The third kappa shape index (κ3) is 5.70. The number of nitrogens with zero attached hydrogens (tertiary/aromatic N) is 2. The van der Waals surface area contributed by atoms with Crippen LogP contribution in [0.25, 0.3) is 0 Å². The Balaban J connectivity index is 1.31. The van der Waals surface area contributed by atoms with Crippen LogP contribution in [0.2, 0.25) is 0 Å². The third-order valence-electron chi connectivity index (χ3n) is 5.94. The van der Waals surface area contributed by atoms with Crippen LogP contribution in [0, 0.1) is 5.92 Å². The summed E-state index contributed by atoms with van der Waals surface area (Å²) in [5.41, 5.74) is 0. The van der Waals surface area contributed by atoms with Crippen molar-refractivity contribution in [2.45, 2.75) is 64.1 Å². The van der Waals surface area contributed by atoms with E-state index in [0.29, 0.717) is 12.2 Å². The smallest absolute Gasteiger partial charge is 0.0702 e. The fourth-order valence-corrected chi connectivity index (χ4v) is 4.37. The van der Waals surface area contributed by atoms with Crippen molar-refractivity contribution >= 4 is 0 Å². The molecule has 3 aliphatic rings. The van der Waals surface area contributed by atoms with Gasteiger partial charge < -0.3 is 9.47 Å². The Morgan fingerprint density at radius 1 is 0.913 bits per heavy atom. The van der Waals surface area contributed by atoms with Gasteiger partial charge in [-0.25, -0.2) is 0 Å². The molecule has 23 heavy (non-hydrogen) atoms. The second kappa shape index (κ2) is 9.36. The maximum Gasteiger partial charge on any atom is 0.0702 e. The van der Waals surface area contributed by atoms with Gasteiger partial charge in [-0.1, -0.05) is 19.8 Å². The van der Waals surface area contributed by atoms with Gasteiger partial charge in [-0.05, 0) is 51.1 Å². The molecule has 134 valence electrons. The van der Waals surface area contributed by atoms with Crippen LogP contribution in [0.5, 0.6) is 0 Å². The van der Waals surface area contributed by atoms with Gasteiger partial charge in [-0.3, -0.25) is 9.80 Å². The van der Waals surface area contributed by atoms with E-state index in [2.05, 4.69) is 16.7 Å². The molecule has 0 aromatic rings. The maximum atomic E-state index is 6.20. The van der Waals surface area contributed by atoms with E-state index < -0.39 is 0 Å². The van der Waals surface area contributed by atoms with Crippen molar-refractivity contribution in [3.8, 4) is 0 Å². The van der Waals surface area contributed by atoms with Crippen molar-refractivity contribution in [1.82, 2.24) is 9.80 Å². The molecule has 4 nitrogen and oxygen atoms in total. The molecule has 1 saturated carbocycles. The van der Waals surface area contributed by atoms with E-state index in [-0.39, 0.29) is 0 Å². The van der Waals surface area contributed by atoms with Crippen molar-refractivity contribution in [3.05, 3.63) is 0 Å². The molecule has 4 heteroatoms. The first-order valence-electron chi connectivity index (χ1n) is 9.99. The SMILES string of the molecule is C[C@@H]1CCCC[C@H]1OCCN1CCCN(C[C@H]2CCCO2)CC1. The molecule has 0 unspecified atom stereocenters. The maximum absolute atomic E-state index is 6.20. The molecule has 2 heterocycles. The van der Waals surface area contributed by atoms with Gasteiger partial charge in [0.25, 0.3) is 0 Å². The highest BCUT2D eigenvalue weighted by molar-refractivity contribution is 4.76. The molecule has 0 aromatic heterocycles. The van der Waals surface area contributed by atoms with Gasteiger partial charge in [0.1, 0.15) is 0 Å². The number of rotatable bonds is 6. The van der Waals surface area contributed by atoms with Crippen LogP contribution in [0.1, 0.15) is 51.9 Å². The zero-order valence-corrected chi connectivity index (χ0v) is 15.0. The summed E-state index contributed by atoms with van der Waals surface area (Å²) in [6.45, 7) is 11.3. The lowest BCUT2D eigenvalue weighted by Gasteiger charge is -2.30. The number of hydrogen-bond acceptors (Lipinski definition) is 4. The van der Waals surface area contributed by atoms with Crippen LogP contribution in [0.3, 0.4) is 0 Å². The van der Waals surface area contributed by atoms with Crippen LogP contribution < -0.4 is 0 Å². The van der Waals surface area contributed by atoms with Crippen LogP contribution in [-0.2, 0) is 9.47 Å². The third-order valence-corrected chi connectivity index (χ3v) is 5.94. The molecule has 3 fully saturated rings.